The highest BCUT2D eigenvalue weighted by atomic mass is 27.0. The van der Waals surface area contributed by atoms with Crippen molar-refractivity contribution in [2.75, 3.05) is 0 Å². The molecule has 1 heterocycles. The van der Waals surface area contributed by atoms with Gasteiger partial charge >= 0.3 is 16.3 Å². The molecule has 2 heteroatoms. The topological polar surface area (TPSA) is 12.8 Å². The van der Waals surface area contributed by atoms with Crippen molar-refractivity contribution in [2.45, 2.75) is 6.92 Å². The van der Waals surface area contributed by atoms with E-state index in [-0.39, 0.29) is 0 Å². The summed E-state index contributed by atoms with van der Waals surface area (Å²) >= 11 is 1.08. The Morgan fingerprint density at radius 1 is 1.57 bits per heavy atom. The lowest BCUT2D eigenvalue weighted by Crippen LogP contribution is -1.92. The number of furan rings is 1. The largest absolute Gasteiger partial charge is 0.569 e. The highest BCUT2D eigenvalue weighted by Gasteiger charge is 1.92. The molecular formula is C5H8AlO+. The molecule has 0 spiro atoms. The first-order valence-electron chi connectivity index (χ1n) is 2.36. The van der Waals surface area contributed by atoms with Crippen molar-refractivity contribution in [2.24, 2.45) is 0 Å². The van der Waals surface area contributed by atoms with Gasteiger partial charge in [0.05, 0.1) is 0 Å². The summed E-state index contributed by atoms with van der Waals surface area (Å²) in [6, 6.07) is 4.11. The lowest BCUT2D eigenvalue weighted by molar-refractivity contribution is 0.566. The van der Waals surface area contributed by atoms with Gasteiger partial charge in [-0.25, -0.2) is 0 Å². The Hall–Kier alpha value is -0.188. The molecule has 0 amide bonds. The van der Waals surface area contributed by atoms with Crippen LogP contribution < -0.4 is 4.62 Å². The molecule has 0 saturated heterocycles. The van der Waals surface area contributed by atoms with Crippen LogP contribution in [0.5, 0.6) is 0 Å². The van der Waals surface area contributed by atoms with Gasteiger partial charge in [-0.2, -0.15) is 0 Å². The molecule has 0 aromatic carbocycles. The Morgan fingerprint density at radius 3 is 2.43 bits per heavy atom. The first-order chi connectivity index (χ1) is 3.29. The molecule has 0 unspecified atom stereocenters. The number of rotatable bonds is 0. The smallest absolute Gasteiger partial charge is 0.406 e. The van der Waals surface area contributed by atoms with Gasteiger partial charge in [0.25, 0.3) is 0 Å². The summed E-state index contributed by atoms with van der Waals surface area (Å²) in [5.41, 5.74) is 0. The minimum absolute atomic E-state index is 1.08. The van der Waals surface area contributed by atoms with Gasteiger partial charge in [0.1, 0.15) is 4.62 Å². The molecule has 1 rings (SSSR count). The molecule has 1 aromatic heterocycles. The maximum absolute atomic E-state index is 4.17. The summed E-state index contributed by atoms with van der Waals surface area (Å²) in [4.78, 5) is 0. The van der Waals surface area contributed by atoms with Crippen LogP contribution in [0.1, 0.15) is 5.76 Å². The van der Waals surface area contributed by atoms with Gasteiger partial charge < -0.3 is 4.42 Å². The predicted molar refractivity (Wildman–Crippen MR) is 32.7 cm³/mol. The molecule has 1 nitrogen and oxygen atoms in total. The van der Waals surface area contributed by atoms with E-state index in [0.29, 0.717) is 0 Å². The first kappa shape index (κ1) is 4.96. The quantitative estimate of drug-likeness (QED) is 0.329. The first-order valence-corrected chi connectivity index (χ1v) is 3.36. The van der Waals surface area contributed by atoms with Crippen molar-refractivity contribution >= 4 is 20.9 Å². The molecule has 7 heavy (non-hydrogen) atoms. The zero-order valence-corrected chi connectivity index (χ0v) is 6.60. The Kier molecular flexibility index (Phi) is 1.23. The van der Waals surface area contributed by atoms with Crippen LogP contribution in [0.2, 0.25) is 0 Å². The van der Waals surface area contributed by atoms with Crippen LogP contribution in [-0.2, 0) is 0 Å². The molecule has 0 aliphatic carbocycles. The third-order valence-corrected chi connectivity index (χ3v) is 1.48. The second-order valence-corrected chi connectivity index (χ2v) is 2.75. The molecule has 1 aromatic rings. The van der Waals surface area contributed by atoms with Crippen molar-refractivity contribution in [3.8, 4) is 0 Å². The second kappa shape index (κ2) is 1.73. The molecule has 36 valence electrons. The van der Waals surface area contributed by atoms with Gasteiger partial charge in [-0.3, -0.25) is 0 Å². The van der Waals surface area contributed by atoms with Crippen LogP contribution in [0.4, 0.5) is 0 Å². The Morgan fingerprint density at radius 2 is 2.29 bits per heavy atom. The number of hydrogen-bond donors (Lipinski definition) is 0. The van der Waals surface area contributed by atoms with Crippen molar-refractivity contribution < 1.29 is 4.42 Å². The van der Waals surface area contributed by atoms with Gasteiger partial charge in [0, 0.05) is 19.1 Å². The molecular weight excluding hydrogens is 103 g/mol. The molecule has 0 aliphatic rings. The molecule has 0 bridgehead atoms. The summed E-state index contributed by atoms with van der Waals surface area (Å²) in [5, 5.41) is 0. The van der Waals surface area contributed by atoms with Crippen LogP contribution in [-0.4, -0.2) is 16.3 Å². The van der Waals surface area contributed by atoms with Crippen molar-refractivity contribution in [1.29, 1.82) is 0 Å². The van der Waals surface area contributed by atoms with E-state index in [4.69, 9.17) is 0 Å². The molecule has 1 N–H and O–H groups in total. The fourth-order valence-corrected chi connectivity index (χ4v) is 1.11. The van der Waals surface area contributed by atoms with Crippen LogP contribution in [0.15, 0.2) is 16.5 Å². The Balaban J connectivity index is 3.04. The normalized spacial score (nSPS) is 9.29. The molecule has 0 atom stereocenters. The zero-order chi connectivity index (χ0) is 5.28. The molecule has 0 saturated carbocycles. The van der Waals surface area contributed by atoms with Gasteiger partial charge in [-0.1, -0.05) is 0 Å². The van der Waals surface area contributed by atoms with Crippen molar-refractivity contribution in [3.05, 3.63) is 17.9 Å². The highest BCUT2D eigenvalue weighted by molar-refractivity contribution is 6.29. The van der Waals surface area contributed by atoms with E-state index in [1.807, 2.05) is 13.0 Å². The maximum atomic E-state index is 4.17. The van der Waals surface area contributed by atoms with E-state index in [0.717, 1.165) is 22.1 Å². The maximum Gasteiger partial charge on any atom is 0.406 e. The SMILES string of the molecule is Cc1cc[c]([AlH2])[oH+]1. The van der Waals surface area contributed by atoms with Crippen LogP contribution in [0.25, 0.3) is 0 Å². The van der Waals surface area contributed by atoms with E-state index < -0.39 is 0 Å². The minimum atomic E-state index is 1.08. The molecule has 0 fully saturated rings. The van der Waals surface area contributed by atoms with Gasteiger partial charge in [0.2, 0.25) is 5.76 Å². The average Bonchev–Trinajstić information content (AvgIpc) is 1.87. The highest BCUT2D eigenvalue weighted by Crippen LogP contribution is 1.90. The van der Waals surface area contributed by atoms with E-state index in [1.54, 1.807) is 0 Å². The second-order valence-electron chi connectivity index (χ2n) is 1.73. The standard InChI is InChI=1S/C5H6O.Al.2H/c1-5-3-2-4-6-5;;;/h2-3,6H,1H3;;;/q+1;;;. The monoisotopic (exact) mass is 111 g/mol. The Bertz CT molecular complexity index is 140. The lowest BCUT2D eigenvalue weighted by atomic mass is 10.5. The van der Waals surface area contributed by atoms with Crippen LogP contribution in [0, 0.1) is 6.92 Å². The van der Waals surface area contributed by atoms with Crippen molar-refractivity contribution in [1.82, 2.24) is 0 Å². The van der Waals surface area contributed by atoms with Gasteiger partial charge in [0.15, 0.2) is 0 Å². The van der Waals surface area contributed by atoms with Gasteiger partial charge in [-0.05, 0) is 0 Å². The molecule has 0 radical (unpaired) electrons. The minimum Gasteiger partial charge on any atom is -0.569 e. The van der Waals surface area contributed by atoms with E-state index >= 15 is 0 Å². The zero-order valence-electron chi connectivity index (χ0n) is 4.60. The number of hydrogen-bond acceptors (Lipinski definition) is 0. The summed E-state index contributed by atoms with van der Waals surface area (Å²) < 4.78 is 5.42. The fraction of sp³-hybridized carbons (Fsp3) is 0.200. The van der Waals surface area contributed by atoms with E-state index in [1.165, 1.54) is 4.62 Å². The lowest BCUT2D eigenvalue weighted by Gasteiger charge is -1.74. The number of aryl methyl sites for hydroxylation is 1. The molecule has 0 aliphatic heterocycles. The Labute approximate surface area is 50.8 Å². The van der Waals surface area contributed by atoms with E-state index in [2.05, 4.69) is 10.5 Å². The summed E-state index contributed by atoms with van der Waals surface area (Å²) in [5.74, 6) is 1.14. The summed E-state index contributed by atoms with van der Waals surface area (Å²) in [6.45, 7) is 2.02. The average molecular weight is 111 g/mol. The third kappa shape index (κ3) is 1.09. The summed E-state index contributed by atoms with van der Waals surface area (Å²) in [7, 11) is 0. The van der Waals surface area contributed by atoms with Crippen LogP contribution >= 0.6 is 0 Å². The third-order valence-electron chi connectivity index (χ3n) is 0.918. The fourth-order valence-electron chi connectivity index (χ4n) is 0.594. The van der Waals surface area contributed by atoms with Crippen molar-refractivity contribution in [3.63, 3.8) is 0 Å². The van der Waals surface area contributed by atoms with Crippen LogP contribution in [0.3, 0.4) is 0 Å². The predicted octanol–water partition coefficient (Wildman–Crippen LogP) is -0.0411. The summed E-state index contributed by atoms with van der Waals surface area (Å²) in [6.07, 6.45) is 0. The van der Waals surface area contributed by atoms with E-state index in [9.17, 15) is 0 Å². The van der Waals surface area contributed by atoms with Gasteiger partial charge in [-0.15, -0.1) is 0 Å².